The zero-order valence-corrected chi connectivity index (χ0v) is 12.8. The molecular weight excluding hydrogens is 294 g/mol. The molecular formula is C13H20ClN5O2. The molecule has 2 N–H and O–H groups in total. The topological polar surface area (TPSA) is 79.3 Å². The molecule has 8 heteroatoms. The molecule has 1 aliphatic heterocycles. The number of nitrogens with one attached hydrogen (secondary N) is 2. The van der Waals surface area contributed by atoms with Gasteiger partial charge in [0.05, 0.1) is 18.4 Å². The van der Waals surface area contributed by atoms with E-state index in [-0.39, 0.29) is 23.0 Å². The van der Waals surface area contributed by atoms with Gasteiger partial charge in [0.2, 0.25) is 5.91 Å². The van der Waals surface area contributed by atoms with E-state index in [1.165, 1.54) is 10.9 Å². The fourth-order valence-electron chi connectivity index (χ4n) is 2.16. The Hall–Kier alpha value is -1.60. The molecule has 0 saturated carbocycles. The molecule has 0 atom stereocenters. The van der Waals surface area contributed by atoms with E-state index >= 15 is 0 Å². The largest absolute Gasteiger partial charge is 0.373 e. The van der Waals surface area contributed by atoms with Crippen LogP contribution in [0.25, 0.3) is 0 Å². The fourth-order valence-corrected chi connectivity index (χ4v) is 2.37. The molecule has 0 aliphatic carbocycles. The third kappa shape index (κ3) is 3.95. The quantitative estimate of drug-likeness (QED) is 0.809. The minimum atomic E-state index is -0.335. The maximum Gasteiger partial charge on any atom is 0.287 e. The lowest BCUT2D eigenvalue weighted by atomic mass is 10.3. The summed E-state index contributed by atoms with van der Waals surface area (Å²) in [5, 5.41) is 10.2. The minimum absolute atomic E-state index is 0.00898. The fraction of sp³-hybridized carbons (Fsp3) is 0.615. The van der Waals surface area contributed by atoms with Gasteiger partial charge in [0.15, 0.2) is 0 Å². The number of nitrogens with zero attached hydrogens (tertiary/aromatic N) is 3. The molecule has 0 aromatic carbocycles. The first kappa shape index (κ1) is 15.8. The van der Waals surface area contributed by atoms with Crippen LogP contribution in [-0.4, -0.2) is 53.3 Å². The number of aromatic nitrogens is 2. The van der Waals surface area contributed by atoms with Crippen molar-refractivity contribution in [2.45, 2.75) is 19.9 Å². The van der Waals surface area contributed by atoms with Gasteiger partial charge in [0.25, 0.3) is 5.56 Å². The summed E-state index contributed by atoms with van der Waals surface area (Å²) < 4.78 is 1.33. The summed E-state index contributed by atoms with van der Waals surface area (Å²) in [6.45, 7) is 5.61. The zero-order valence-electron chi connectivity index (χ0n) is 12.1. The van der Waals surface area contributed by atoms with Crippen molar-refractivity contribution in [3.63, 3.8) is 0 Å². The highest BCUT2D eigenvalue weighted by Crippen LogP contribution is 2.15. The van der Waals surface area contributed by atoms with Crippen molar-refractivity contribution in [3.8, 4) is 0 Å². The summed E-state index contributed by atoms with van der Waals surface area (Å²) in [5.41, 5.74) is 0.0654. The Labute approximate surface area is 128 Å². The van der Waals surface area contributed by atoms with Gasteiger partial charge in [-0.05, 0) is 6.42 Å². The van der Waals surface area contributed by atoms with Crippen LogP contribution in [0.1, 0.15) is 13.3 Å². The van der Waals surface area contributed by atoms with E-state index in [9.17, 15) is 9.59 Å². The van der Waals surface area contributed by atoms with Gasteiger partial charge in [-0.25, -0.2) is 4.68 Å². The lowest BCUT2D eigenvalue weighted by Gasteiger charge is -2.27. The van der Waals surface area contributed by atoms with Crippen molar-refractivity contribution >= 4 is 23.2 Å². The number of hydrogen-bond acceptors (Lipinski definition) is 5. The van der Waals surface area contributed by atoms with Gasteiger partial charge in [0.1, 0.15) is 5.02 Å². The predicted octanol–water partition coefficient (Wildman–Crippen LogP) is 0.150. The van der Waals surface area contributed by atoms with Gasteiger partial charge in [-0.3, -0.25) is 9.59 Å². The van der Waals surface area contributed by atoms with Crippen molar-refractivity contribution in [3.05, 3.63) is 21.6 Å². The lowest BCUT2D eigenvalue weighted by Crippen LogP contribution is -2.48. The van der Waals surface area contributed by atoms with Crippen LogP contribution >= 0.6 is 11.6 Å². The van der Waals surface area contributed by atoms with Crippen molar-refractivity contribution < 1.29 is 4.79 Å². The Bertz CT molecular complexity index is 554. The third-order valence-corrected chi connectivity index (χ3v) is 3.69. The normalized spacial score (nSPS) is 15.0. The van der Waals surface area contributed by atoms with Gasteiger partial charge in [0, 0.05) is 32.7 Å². The van der Waals surface area contributed by atoms with E-state index in [4.69, 9.17) is 11.6 Å². The molecule has 1 fully saturated rings. The Kier molecular flexibility index (Phi) is 5.58. The molecule has 1 aromatic rings. The molecule has 116 valence electrons. The number of halogens is 1. The zero-order chi connectivity index (χ0) is 15.2. The van der Waals surface area contributed by atoms with Crippen LogP contribution in [0.4, 0.5) is 5.69 Å². The Balaban J connectivity index is 1.98. The first-order chi connectivity index (χ1) is 10.1. The number of rotatable bonds is 5. The van der Waals surface area contributed by atoms with Crippen LogP contribution in [0.5, 0.6) is 0 Å². The summed E-state index contributed by atoms with van der Waals surface area (Å²) in [6.07, 6.45) is 2.29. The van der Waals surface area contributed by atoms with Crippen molar-refractivity contribution in [1.29, 1.82) is 0 Å². The van der Waals surface area contributed by atoms with Crippen LogP contribution in [0.2, 0.25) is 5.02 Å². The van der Waals surface area contributed by atoms with Gasteiger partial charge < -0.3 is 15.5 Å². The van der Waals surface area contributed by atoms with Crippen LogP contribution in [-0.2, 0) is 11.3 Å². The Morgan fingerprint density at radius 2 is 2.19 bits per heavy atom. The molecule has 21 heavy (non-hydrogen) atoms. The number of aryl methyl sites for hydroxylation is 1. The highest BCUT2D eigenvalue weighted by molar-refractivity contribution is 6.33. The Morgan fingerprint density at radius 3 is 2.86 bits per heavy atom. The SMILES string of the molecule is CCCn1ncc(NCC(=O)N2CCNCC2)c(Cl)c1=O. The number of carbonyl (C=O) groups excluding carboxylic acids is 1. The maximum atomic E-state index is 12.0. The van der Waals surface area contributed by atoms with E-state index in [1.807, 2.05) is 6.92 Å². The highest BCUT2D eigenvalue weighted by atomic mass is 35.5. The summed E-state index contributed by atoms with van der Waals surface area (Å²) in [7, 11) is 0. The van der Waals surface area contributed by atoms with E-state index in [1.54, 1.807) is 4.90 Å². The van der Waals surface area contributed by atoms with Gasteiger partial charge in [-0.2, -0.15) is 5.10 Å². The number of anilines is 1. The van der Waals surface area contributed by atoms with Gasteiger partial charge in [-0.15, -0.1) is 0 Å². The van der Waals surface area contributed by atoms with Gasteiger partial charge >= 0.3 is 0 Å². The number of amides is 1. The van der Waals surface area contributed by atoms with Crippen molar-refractivity contribution in [2.75, 3.05) is 38.0 Å². The van der Waals surface area contributed by atoms with E-state index in [0.29, 0.717) is 25.3 Å². The van der Waals surface area contributed by atoms with Crippen LogP contribution in [0.3, 0.4) is 0 Å². The molecule has 0 bridgehead atoms. The summed E-state index contributed by atoms with van der Waals surface area (Å²) >= 11 is 6.03. The highest BCUT2D eigenvalue weighted by Gasteiger charge is 2.16. The smallest absolute Gasteiger partial charge is 0.287 e. The summed E-state index contributed by atoms with van der Waals surface area (Å²) in [4.78, 5) is 25.8. The molecule has 2 heterocycles. The minimum Gasteiger partial charge on any atom is -0.373 e. The number of carbonyl (C=O) groups is 1. The van der Waals surface area contributed by atoms with E-state index in [2.05, 4.69) is 15.7 Å². The maximum absolute atomic E-state index is 12.0. The number of piperazine rings is 1. The third-order valence-electron chi connectivity index (χ3n) is 3.32. The second kappa shape index (κ2) is 7.42. The van der Waals surface area contributed by atoms with Crippen molar-refractivity contribution in [1.82, 2.24) is 20.0 Å². The van der Waals surface area contributed by atoms with E-state index in [0.717, 1.165) is 19.5 Å². The monoisotopic (exact) mass is 313 g/mol. The molecule has 0 radical (unpaired) electrons. The average molecular weight is 314 g/mol. The molecule has 7 nitrogen and oxygen atoms in total. The molecule has 1 aromatic heterocycles. The van der Waals surface area contributed by atoms with Crippen molar-refractivity contribution in [2.24, 2.45) is 0 Å². The first-order valence-corrected chi connectivity index (χ1v) is 7.49. The van der Waals surface area contributed by atoms with E-state index < -0.39 is 0 Å². The molecule has 0 spiro atoms. The molecule has 1 amide bonds. The van der Waals surface area contributed by atoms with Crippen LogP contribution in [0.15, 0.2) is 11.0 Å². The van der Waals surface area contributed by atoms with Crippen LogP contribution in [0, 0.1) is 0 Å². The number of hydrogen-bond donors (Lipinski definition) is 2. The summed E-state index contributed by atoms with van der Waals surface area (Å²) in [6, 6.07) is 0. The second-order valence-electron chi connectivity index (χ2n) is 4.88. The van der Waals surface area contributed by atoms with Crippen LogP contribution < -0.4 is 16.2 Å². The first-order valence-electron chi connectivity index (χ1n) is 7.11. The molecule has 0 unspecified atom stereocenters. The molecule has 1 saturated heterocycles. The average Bonchev–Trinajstić information content (AvgIpc) is 2.52. The Morgan fingerprint density at radius 1 is 1.48 bits per heavy atom. The summed E-state index contributed by atoms with van der Waals surface area (Å²) in [5.74, 6) is -0.00898. The lowest BCUT2D eigenvalue weighted by molar-refractivity contribution is -0.129. The molecule has 2 rings (SSSR count). The molecule has 1 aliphatic rings. The predicted molar refractivity (Wildman–Crippen MR) is 81.7 cm³/mol. The van der Waals surface area contributed by atoms with Gasteiger partial charge in [-0.1, -0.05) is 18.5 Å². The standard InChI is InChI=1S/C13H20ClN5O2/c1-2-5-19-13(21)12(14)10(8-17-19)16-9-11(20)18-6-3-15-4-7-18/h8,15-16H,2-7,9H2,1H3. The second-order valence-corrected chi connectivity index (χ2v) is 5.26.